The summed E-state index contributed by atoms with van der Waals surface area (Å²) in [5, 5.41) is 15.1. The Hall–Kier alpha value is -2.40. The molecule has 0 aliphatic heterocycles. The van der Waals surface area contributed by atoms with Crippen LogP contribution in [0.5, 0.6) is 0 Å². The van der Waals surface area contributed by atoms with E-state index in [4.69, 9.17) is 0 Å². The molecule has 2 aromatic rings. The first-order valence-electron chi connectivity index (χ1n) is 7.02. The molecule has 1 atom stereocenters. The van der Waals surface area contributed by atoms with E-state index in [0.29, 0.717) is 5.69 Å². The van der Waals surface area contributed by atoms with Crippen molar-refractivity contribution in [3.63, 3.8) is 0 Å². The van der Waals surface area contributed by atoms with Gasteiger partial charge in [-0.3, -0.25) is 0 Å². The molecule has 0 saturated carbocycles. The second-order valence-electron chi connectivity index (χ2n) is 5.17. The third-order valence-electron chi connectivity index (χ3n) is 3.48. The van der Waals surface area contributed by atoms with Crippen LogP contribution in [0.2, 0.25) is 0 Å². The van der Waals surface area contributed by atoms with E-state index in [1.807, 2.05) is 26.0 Å². The zero-order chi connectivity index (χ0) is 16.1. The number of aliphatic hydroxyl groups is 1. The Bertz CT molecular complexity index is 673. The summed E-state index contributed by atoms with van der Waals surface area (Å²) in [5.41, 5.74) is 3.04. The summed E-state index contributed by atoms with van der Waals surface area (Å²) in [6.07, 6.45) is -1.09. The summed E-state index contributed by atoms with van der Waals surface area (Å²) >= 11 is 0. The van der Waals surface area contributed by atoms with Gasteiger partial charge in [-0.2, -0.15) is 0 Å². The largest absolute Gasteiger partial charge is 0.386 e. The fraction of sp³-hybridized carbons (Fsp3) is 0.235. The van der Waals surface area contributed by atoms with Gasteiger partial charge in [0.1, 0.15) is 5.82 Å². The van der Waals surface area contributed by atoms with Gasteiger partial charge < -0.3 is 15.7 Å². The summed E-state index contributed by atoms with van der Waals surface area (Å²) in [7, 11) is 0. The smallest absolute Gasteiger partial charge is 0.319 e. The Morgan fingerprint density at radius 1 is 1.18 bits per heavy atom. The van der Waals surface area contributed by atoms with Crippen molar-refractivity contribution in [2.75, 3.05) is 11.9 Å². The Morgan fingerprint density at radius 2 is 1.91 bits per heavy atom. The van der Waals surface area contributed by atoms with E-state index in [2.05, 4.69) is 10.6 Å². The standard InChI is InChI=1S/C17H19FN2O2/c1-11-7-8-13(9-12(11)2)20-17(22)19-10-16(21)14-5-3-4-6-15(14)18/h3-9,16,21H,10H2,1-2H3,(H2,19,20,22). The van der Waals surface area contributed by atoms with Crippen LogP contribution < -0.4 is 10.6 Å². The first-order chi connectivity index (χ1) is 10.5. The Kier molecular flexibility index (Phi) is 5.12. The highest BCUT2D eigenvalue weighted by Gasteiger charge is 2.13. The van der Waals surface area contributed by atoms with Gasteiger partial charge in [0.25, 0.3) is 0 Å². The Balaban J connectivity index is 1.90. The number of benzene rings is 2. The van der Waals surface area contributed by atoms with Gasteiger partial charge in [-0.05, 0) is 43.2 Å². The highest BCUT2D eigenvalue weighted by Crippen LogP contribution is 2.16. The molecule has 0 aliphatic rings. The van der Waals surface area contributed by atoms with Crippen LogP contribution in [-0.2, 0) is 0 Å². The number of rotatable bonds is 4. The quantitative estimate of drug-likeness (QED) is 0.811. The highest BCUT2D eigenvalue weighted by molar-refractivity contribution is 5.89. The number of aliphatic hydroxyl groups excluding tert-OH is 1. The number of nitrogens with one attached hydrogen (secondary N) is 2. The number of urea groups is 1. The predicted molar refractivity (Wildman–Crippen MR) is 84.3 cm³/mol. The van der Waals surface area contributed by atoms with Crippen molar-refractivity contribution in [3.8, 4) is 0 Å². The number of carbonyl (C=O) groups is 1. The van der Waals surface area contributed by atoms with Gasteiger partial charge in [-0.25, -0.2) is 9.18 Å². The molecule has 116 valence electrons. The van der Waals surface area contributed by atoms with Crippen molar-refractivity contribution in [1.82, 2.24) is 5.32 Å². The van der Waals surface area contributed by atoms with Crippen LogP contribution in [0.15, 0.2) is 42.5 Å². The van der Waals surface area contributed by atoms with E-state index in [1.165, 1.54) is 12.1 Å². The highest BCUT2D eigenvalue weighted by atomic mass is 19.1. The molecule has 2 rings (SSSR count). The molecular weight excluding hydrogens is 283 g/mol. The number of anilines is 1. The lowest BCUT2D eigenvalue weighted by Crippen LogP contribution is -2.32. The summed E-state index contributed by atoms with van der Waals surface area (Å²) in [6.45, 7) is 3.88. The maximum Gasteiger partial charge on any atom is 0.319 e. The van der Waals surface area contributed by atoms with E-state index >= 15 is 0 Å². The summed E-state index contributed by atoms with van der Waals surface area (Å²) in [5.74, 6) is -0.494. The monoisotopic (exact) mass is 302 g/mol. The van der Waals surface area contributed by atoms with Crippen LogP contribution in [0.1, 0.15) is 22.8 Å². The molecule has 2 aromatic carbocycles. The Morgan fingerprint density at radius 3 is 2.59 bits per heavy atom. The van der Waals surface area contributed by atoms with Crippen molar-refractivity contribution in [2.24, 2.45) is 0 Å². The Labute approximate surface area is 129 Å². The molecule has 0 fully saturated rings. The minimum absolute atomic E-state index is 0.0718. The van der Waals surface area contributed by atoms with E-state index < -0.39 is 18.0 Å². The number of hydrogen-bond donors (Lipinski definition) is 3. The topological polar surface area (TPSA) is 61.4 Å². The lowest BCUT2D eigenvalue weighted by molar-refractivity contribution is 0.170. The van der Waals surface area contributed by atoms with Crippen molar-refractivity contribution in [1.29, 1.82) is 0 Å². The van der Waals surface area contributed by atoms with E-state index in [-0.39, 0.29) is 12.1 Å². The normalized spacial score (nSPS) is 11.8. The fourth-order valence-corrected chi connectivity index (χ4v) is 2.04. The average molecular weight is 302 g/mol. The van der Waals surface area contributed by atoms with Gasteiger partial charge in [0.2, 0.25) is 0 Å². The molecule has 1 unspecified atom stereocenters. The summed E-state index contributed by atoms with van der Waals surface area (Å²) < 4.78 is 13.5. The van der Waals surface area contributed by atoms with E-state index in [1.54, 1.807) is 18.2 Å². The minimum Gasteiger partial charge on any atom is -0.386 e. The number of aryl methyl sites for hydroxylation is 2. The number of amides is 2. The van der Waals surface area contributed by atoms with Gasteiger partial charge in [-0.15, -0.1) is 0 Å². The molecule has 3 N–H and O–H groups in total. The molecule has 0 bridgehead atoms. The molecule has 0 aliphatic carbocycles. The van der Waals surface area contributed by atoms with E-state index in [9.17, 15) is 14.3 Å². The van der Waals surface area contributed by atoms with Gasteiger partial charge >= 0.3 is 6.03 Å². The van der Waals surface area contributed by atoms with Crippen LogP contribution >= 0.6 is 0 Å². The van der Waals surface area contributed by atoms with Gasteiger partial charge in [-0.1, -0.05) is 24.3 Å². The van der Waals surface area contributed by atoms with Crippen LogP contribution in [0.25, 0.3) is 0 Å². The molecule has 22 heavy (non-hydrogen) atoms. The van der Waals surface area contributed by atoms with E-state index in [0.717, 1.165) is 11.1 Å². The first kappa shape index (κ1) is 16.0. The third-order valence-corrected chi connectivity index (χ3v) is 3.48. The molecule has 0 aromatic heterocycles. The van der Waals surface area contributed by atoms with Gasteiger partial charge in [0, 0.05) is 17.8 Å². The minimum atomic E-state index is -1.09. The molecule has 4 nitrogen and oxygen atoms in total. The molecule has 0 saturated heterocycles. The molecular formula is C17H19FN2O2. The zero-order valence-corrected chi connectivity index (χ0v) is 12.6. The van der Waals surface area contributed by atoms with Crippen molar-refractivity contribution >= 4 is 11.7 Å². The number of halogens is 1. The third kappa shape index (κ3) is 4.05. The molecule has 0 heterocycles. The SMILES string of the molecule is Cc1ccc(NC(=O)NCC(O)c2ccccc2F)cc1C. The zero-order valence-electron chi connectivity index (χ0n) is 12.6. The van der Waals surface area contributed by atoms with Crippen LogP contribution in [0.3, 0.4) is 0 Å². The maximum absolute atomic E-state index is 13.5. The van der Waals surface area contributed by atoms with Crippen molar-refractivity contribution < 1.29 is 14.3 Å². The van der Waals surface area contributed by atoms with Crippen LogP contribution in [-0.4, -0.2) is 17.7 Å². The molecule has 5 heteroatoms. The lowest BCUT2D eigenvalue weighted by Gasteiger charge is -2.14. The molecule has 2 amide bonds. The van der Waals surface area contributed by atoms with Crippen molar-refractivity contribution in [3.05, 3.63) is 65.0 Å². The van der Waals surface area contributed by atoms with Gasteiger partial charge in [0.05, 0.1) is 6.10 Å². The first-order valence-corrected chi connectivity index (χ1v) is 7.02. The van der Waals surface area contributed by atoms with Gasteiger partial charge in [0.15, 0.2) is 0 Å². The number of hydrogen-bond acceptors (Lipinski definition) is 2. The molecule has 0 radical (unpaired) electrons. The lowest BCUT2D eigenvalue weighted by atomic mass is 10.1. The number of carbonyl (C=O) groups excluding carboxylic acids is 1. The predicted octanol–water partition coefficient (Wildman–Crippen LogP) is 3.30. The maximum atomic E-state index is 13.5. The average Bonchev–Trinajstić information content (AvgIpc) is 2.49. The second-order valence-corrected chi connectivity index (χ2v) is 5.17. The summed E-state index contributed by atoms with van der Waals surface area (Å²) in [4.78, 5) is 11.8. The summed E-state index contributed by atoms with van der Waals surface area (Å²) in [6, 6.07) is 11.1. The fourth-order valence-electron chi connectivity index (χ4n) is 2.04. The molecule has 0 spiro atoms. The van der Waals surface area contributed by atoms with Crippen LogP contribution in [0, 0.1) is 19.7 Å². The van der Waals surface area contributed by atoms with Crippen molar-refractivity contribution in [2.45, 2.75) is 20.0 Å². The second kappa shape index (κ2) is 7.04. The van der Waals surface area contributed by atoms with Crippen LogP contribution in [0.4, 0.5) is 14.9 Å².